The minimum atomic E-state index is -1.98. The summed E-state index contributed by atoms with van der Waals surface area (Å²) < 4.78 is 9.99. The van der Waals surface area contributed by atoms with Crippen LogP contribution in [-0.2, 0) is 30.3 Å². The molecule has 1 saturated heterocycles. The van der Waals surface area contributed by atoms with E-state index in [1.165, 1.54) is 0 Å². The van der Waals surface area contributed by atoms with Crippen LogP contribution in [0.25, 0.3) is 0 Å². The van der Waals surface area contributed by atoms with Gasteiger partial charge in [-0.15, -0.1) is 0 Å². The molecule has 194 valence electrons. The number of carbonyl (C=O) groups is 3. The molecule has 10 heteroatoms. The molecule has 5 N–H and O–H groups in total. The largest absolute Gasteiger partial charge is 0.479 e. The average Bonchev–Trinajstić information content (AvgIpc) is 2.84. The van der Waals surface area contributed by atoms with Gasteiger partial charge in [0.25, 0.3) is 0 Å². The van der Waals surface area contributed by atoms with Crippen molar-refractivity contribution in [1.29, 1.82) is 0 Å². The number of hydrogen-bond donors (Lipinski definition) is 5. The Kier molecular flexibility index (Phi) is 9.23. The number of amides is 1. The first kappa shape index (κ1) is 27.1. The number of carboxylic acid groups (broad SMARTS) is 1. The molecule has 0 aromatic heterocycles. The lowest BCUT2D eigenvalue weighted by Crippen LogP contribution is -2.62. The molecule has 35 heavy (non-hydrogen) atoms. The van der Waals surface area contributed by atoms with E-state index in [-0.39, 0.29) is 18.2 Å². The van der Waals surface area contributed by atoms with Crippen LogP contribution in [-0.4, -0.2) is 75.0 Å². The number of aliphatic hydroxyl groups excluding tert-OH is 3. The van der Waals surface area contributed by atoms with Crippen molar-refractivity contribution >= 4 is 17.8 Å². The summed E-state index contributed by atoms with van der Waals surface area (Å²) in [5, 5.41) is 42.3. The average molecular weight is 494 g/mol. The van der Waals surface area contributed by atoms with Crippen LogP contribution in [0.4, 0.5) is 0 Å². The van der Waals surface area contributed by atoms with Crippen LogP contribution >= 0.6 is 0 Å². The standard InChI is InChI=1S/C25H35NO9/c1-13(2)15-8-10-16(11-9-15)22(29)26-17(12-14-6-4-3-5-7-14)24(32)34-20-18(27)21(23(30)31)35-25(33)19(20)28/h3-7,13,15-21,25,27-28,33H,8-12H2,1-2H3,(H,26,29)(H,30,31)/t15?,16?,17-,18+,19-,20+,21+,25?/m1/s1. The highest BCUT2D eigenvalue weighted by atomic mass is 16.7. The summed E-state index contributed by atoms with van der Waals surface area (Å²) in [5.41, 5.74) is 0.745. The van der Waals surface area contributed by atoms with Crippen LogP contribution in [0.5, 0.6) is 0 Å². The zero-order valence-electron chi connectivity index (χ0n) is 19.9. The van der Waals surface area contributed by atoms with Crippen LogP contribution in [0.3, 0.4) is 0 Å². The van der Waals surface area contributed by atoms with Crippen LogP contribution in [0.15, 0.2) is 30.3 Å². The number of rotatable bonds is 8. The van der Waals surface area contributed by atoms with E-state index in [0.29, 0.717) is 24.7 Å². The maximum absolute atomic E-state index is 13.1. The summed E-state index contributed by atoms with van der Waals surface area (Å²) in [4.78, 5) is 37.5. The van der Waals surface area contributed by atoms with Gasteiger partial charge in [0.05, 0.1) is 0 Å². The molecule has 0 bridgehead atoms. The van der Waals surface area contributed by atoms with Crippen molar-refractivity contribution < 1.29 is 44.3 Å². The minimum absolute atomic E-state index is 0.0904. The second kappa shape index (κ2) is 11.9. The first-order valence-corrected chi connectivity index (χ1v) is 12.1. The third-order valence-corrected chi connectivity index (χ3v) is 7.03. The van der Waals surface area contributed by atoms with Gasteiger partial charge in [-0.3, -0.25) is 4.79 Å². The van der Waals surface area contributed by atoms with Gasteiger partial charge in [-0.2, -0.15) is 0 Å². The Morgan fingerprint density at radius 2 is 1.66 bits per heavy atom. The predicted octanol–water partition coefficient (Wildman–Crippen LogP) is 0.612. The zero-order valence-corrected chi connectivity index (χ0v) is 19.9. The zero-order chi connectivity index (χ0) is 25.7. The molecule has 10 nitrogen and oxygen atoms in total. The topological polar surface area (TPSA) is 163 Å². The van der Waals surface area contributed by atoms with Crippen molar-refractivity contribution in [2.45, 2.75) is 82.7 Å². The predicted molar refractivity (Wildman–Crippen MR) is 123 cm³/mol. The van der Waals surface area contributed by atoms with Gasteiger partial charge in [0, 0.05) is 12.3 Å². The lowest BCUT2D eigenvalue weighted by atomic mass is 9.76. The van der Waals surface area contributed by atoms with Crippen LogP contribution in [0, 0.1) is 17.8 Å². The number of esters is 1. The number of carboxylic acids is 1. The fourth-order valence-corrected chi connectivity index (χ4v) is 4.79. The first-order valence-electron chi connectivity index (χ1n) is 12.1. The van der Waals surface area contributed by atoms with Gasteiger partial charge in [0.15, 0.2) is 18.5 Å². The van der Waals surface area contributed by atoms with Gasteiger partial charge < -0.3 is 35.2 Å². The maximum Gasteiger partial charge on any atom is 0.335 e. The molecule has 1 aliphatic heterocycles. The van der Waals surface area contributed by atoms with Crippen LogP contribution in [0.1, 0.15) is 45.1 Å². The summed E-state index contributed by atoms with van der Waals surface area (Å²) in [5.74, 6) is -1.96. The molecular formula is C25H35NO9. The molecule has 1 saturated carbocycles. The van der Waals surface area contributed by atoms with Crippen LogP contribution in [0.2, 0.25) is 0 Å². The van der Waals surface area contributed by atoms with Crippen molar-refractivity contribution in [3.63, 3.8) is 0 Å². The fraction of sp³-hybridized carbons (Fsp3) is 0.640. The Morgan fingerprint density at radius 1 is 1.03 bits per heavy atom. The Morgan fingerprint density at radius 3 is 2.23 bits per heavy atom. The highest BCUT2D eigenvalue weighted by molar-refractivity contribution is 5.86. The first-order chi connectivity index (χ1) is 16.6. The van der Waals surface area contributed by atoms with Crippen molar-refractivity contribution in [3.8, 4) is 0 Å². The number of nitrogens with one attached hydrogen (secondary N) is 1. The van der Waals surface area contributed by atoms with Crippen LogP contribution < -0.4 is 5.32 Å². The van der Waals surface area contributed by atoms with E-state index in [2.05, 4.69) is 19.2 Å². The van der Waals surface area contributed by atoms with Gasteiger partial charge in [-0.1, -0.05) is 44.2 Å². The smallest absolute Gasteiger partial charge is 0.335 e. The minimum Gasteiger partial charge on any atom is -0.479 e. The molecule has 6 atom stereocenters. The number of benzene rings is 1. The molecule has 3 rings (SSSR count). The van der Waals surface area contributed by atoms with Crippen molar-refractivity contribution in [1.82, 2.24) is 5.32 Å². The Labute approximate surface area is 204 Å². The summed E-state index contributed by atoms with van der Waals surface area (Å²) in [6.45, 7) is 4.34. The SMILES string of the molecule is CC(C)C1CCC(C(=O)N[C@H](Cc2ccccc2)C(=O)O[C@H]2[C@H](O)[C@@H](C(=O)O)OC(O)[C@@H]2O)CC1. The quantitative estimate of drug-likeness (QED) is 0.327. The van der Waals surface area contributed by atoms with E-state index in [4.69, 9.17) is 9.47 Å². The maximum atomic E-state index is 13.1. The molecule has 1 heterocycles. The molecule has 0 spiro atoms. The second-order valence-electron chi connectivity index (χ2n) is 9.77. The molecule has 1 aliphatic carbocycles. The molecule has 1 unspecified atom stereocenters. The number of aliphatic carboxylic acids is 1. The van der Waals surface area contributed by atoms with E-state index in [9.17, 15) is 34.8 Å². The molecule has 1 aromatic carbocycles. The van der Waals surface area contributed by atoms with E-state index in [1.807, 2.05) is 6.07 Å². The lowest BCUT2D eigenvalue weighted by Gasteiger charge is -2.39. The lowest BCUT2D eigenvalue weighted by molar-refractivity contribution is -0.283. The summed E-state index contributed by atoms with van der Waals surface area (Å²) in [7, 11) is 0. The third-order valence-electron chi connectivity index (χ3n) is 7.03. The van der Waals surface area contributed by atoms with Crippen molar-refractivity contribution in [2.75, 3.05) is 0 Å². The third kappa shape index (κ3) is 6.78. The number of hydrogen-bond acceptors (Lipinski definition) is 8. The highest BCUT2D eigenvalue weighted by Gasteiger charge is 2.49. The summed E-state index contributed by atoms with van der Waals surface area (Å²) >= 11 is 0. The molecule has 2 fully saturated rings. The van der Waals surface area contributed by atoms with E-state index in [0.717, 1.165) is 18.4 Å². The number of aliphatic hydroxyl groups is 3. The van der Waals surface area contributed by atoms with Gasteiger partial charge >= 0.3 is 11.9 Å². The molecule has 1 aromatic rings. The fourth-order valence-electron chi connectivity index (χ4n) is 4.79. The molecule has 2 aliphatic rings. The molecular weight excluding hydrogens is 458 g/mol. The van der Waals surface area contributed by atoms with E-state index in [1.54, 1.807) is 24.3 Å². The van der Waals surface area contributed by atoms with Crippen molar-refractivity contribution in [3.05, 3.63) is 35.9 Å². The summed E-state index contributed by atoms with van der Waals surface area (Å²) in [6.07, 6.45) is -6.05. The van der Waals surface area contributed by atoms with Gasteiger partial charge in [0.1, 0.15) is 18.2 Å². The van der Waals surface area contributed by atoms with Gasteiger partial charge in [-0.25, -0.2) is 9.59 Å². The normalized spacial score (nSPS) is 32.0. The number of ether oxygens (including phenoxy) is 2. The molecule has 0 radical (unpaired) electrons. The van der Waals surface area contributed by atoms with E-state index < -0.39 is 48.7 Å². The monoisotopic (exact) mass is 493 g/mol. The Balaban J connectivity index is 1.73. The Bertz CT molecular complexity index is 869. The Hall–Kier alpha value is -2.53. The summed E-state index contributed by atoms with van der Waals surface area (Å²) in [6, 6.07) is 7.80. The van der Waals surface area contributed by atoms with Gasteiger partial charge in [-0.05, 0) is 43.1 Å². The number of carbonyl (C=O) groups excluding carboxylic acids is 2. The van der Waals surface area contributed by atoms with Crippen molar-refractivity contribution in [2.24, 2.45) is 17.8 Å². The van der Waals surface area contributed by atoms with Gasteiger partial charge in [0.2, 0.25) is 5.91 Å². The molecule has 1 amide bonds. The van der Waals surface area contributed by atoms with E-state index >= 15 is 0 Å². The highest BCUT2D eigenvalue weighted by Crippen LogP contribution is 2.33. The second-order valence-corrected chi connectivity index (χ2v) is 9.77.